The molecule has 1 unspecified atom stereocenters. The topological polar surface area (TPSA) is 33.1 Å². The number of rotatable bonds is 3. The summed E-state index contributed by atoms with van der Waals surface area (Å²) in [6, 6.07) is 2.71. The quantitative estimate of drug-likeness (QED) is 0.866. The minimum absolute atomic E-state index is 0.597. The minimum Gasteiger partial charge on any atom is -0.354 e. The van der Waals surface area contributed by atoms with E-state index in [1.165, 1.54) is 12.8 Å². The van der Waals surface area contributed by atoms with Gasteiger partial charge in [0.05, 0.1) is 0 Å². The molecule has 17 heavy (non-hydrogen) atoms. The molecule has 0 saturated carbocycles. The Morgan fingerprint density at radius 1 is 1.53 bits per heavy atom. The van der Waals surface area contributed by atoms with Gasteiger partial charge in [-0.2, -0.15) is 5.10 Å². The zero-order valence-electron chi connectivity index (χ0n) is 11.2. The molecule has 1 atom stereocenters. The summed E-state index contributed by atoms with van der Waals surface area (Å²) in [5, 5.41) is 8.15. The number of anilines is 1. The fourth-order valence-electron chi connectivity index (χ4n) is 2.50. The molecule has 2 heterocycles. The van der Waals surface area contributed by atoms with Gasteiger partial charge in [0.2, 0.25) is 0 Å². The molecule has 0 aromatic carbocycles. The standard InChI is InChI=1S/C13H24N4/c1-11(2)9-12-10-17(7-4-6-14-12)13-5-8-16(3)15-13/h5,8,11-12,14H,4,6-7,9-10H2,1-3H3. The Balaban J connectivity index is 2.01. The molecule has 1 aromatic heterocycles. The lowest BCUT2D eigenvalue weighted by Gasteiger charge is -2.25. The van der Waals surface area contributed by atoms with Crippen molar-refractivity contribution in [1.29, 1.82) is 0 Å². The maximum absolute atomic E-state index is 4.50. The maximum Gasteiger partial charge on any atom is 0.150 e. The molecule has 0 bridgehead atoms. The van der Waals surface area contributed by atoms with Crippen molar-refractivity contribution in [2.75, 3.05) is 24.5 Å². The fourth-order valence-corrected chi connectivity index (χ4v) is 2.50. The zero-order valence-corrected chi connectivity index (χ0v) is 11.2. The van der Waals surface area contributed by atoms with E-state index in [4.69, 9.17) is 0 Å². The van der Waals surface area contributed by atoms with Gasteiger partial charge in [0, 0.05) is 38.4 Å². The van der Waals surface area contributed by atoms with Crippen molar-refractivity contribution in [3.8, 4) is 0 Å². The number of aryl methyl sites for hydroxylation is 1. The molecule has 2 rings (SSSR count). The first-order chi connectivity index (χ1) is 8.15. The first-order valence-electron chi connectivity index (χ1n) is 6.63. The van der Waals surface area contributed by atoms with Crippen molar-refractivity contribution in [1.82, 2.24) is 15.1 Å². The van der Waals surface area contributed by atoms with Crippen molar-refractivity contribution in [3.05, 3.63) is 12.3 Å². The number of aromatic nitrogens is 2. The second-order valence-electron chi connectivity index (χ2n) is 5.43. The highest BCUT2D eigenvalue weighted by Gasteiger charge is 2.19. The predicted octanol–water partition coefficient (Wildman–Crippen LogP) is 1.63. The van der Waals surface area contributed by atoms with Crippen molar-refractivity contribution in [2.24, 2.45) is 13.0 Å². The van der Waals surface area contributed by atoms with Crippen LogP contribution in [-0.4, -0.2) is 35.5 Å². The van der Waals surface area contributed by atoms with Crippen LogP contribution >= 0.6 is 0 Å². The van der Waals surface area contributed by atoms with E-state index in [-0.39, 0.29) is 0 Å². The molecular weight excluding hydrogens is 212 g/mol. The molecule has 4 nitrogen and oxygen atoms in total. The van der Waals surface area contributed by atoms with E-state index < -0.39 is 0 Å². The number of hydrogen-bond donors (Lipinski definition) is 1. The van der Waals surface area contributed by atoms with Crippen LogP contribution in [0, 0.1) is 5.92 Å². The summed E-state index contributed by atoms with van der Waals surface area (Å²) in [5.74, 6) is 1.86. The van der Waals surface area contributed by atoms with E-state index in [1.54, 1.807) is 0 Å². The molecule has 0 radical (unpaired) electrons. The summed E-state index contributed by atoms with van der Waals surface area (Å²) >= 11 is 0. The lowest BCUT2D eigenvalue weighted by atomic mass is 10.0. The van der Waals surface area contributed by atoms with E-state index in [9.17, 15) is 0 Å². The molecule has 0 spiro atoms. The van der Waals surface area contributed by atoms with E-state index in [0.29, 0.717) is 6.04 Å². The van der Waals surface area contributed by atoms with Gasteiger partial charge in [0.15, 0.2) is 5.82 Å². The van der Waals surface area contributed by atoms with Crippen LogP contribution in [0.2, 0.25) is 0 Å². The van der Waals surface area contributed by atoms with Crippen molar-refractivity contribution < 1.29 is 0 Å². The van der Waals surface area contributed by atoms with Crippen LogP contribution in [0.4, 0.5) is 5.82 Å². The molecule has 0 aliphatic carbocycles. The zero-order chi connectivity index (χ0) is 12.3. The highest BCUT2D eigenvalue weighted by Crippen LogP contribution is 2.15. The molecule has 0 amide bonds. The van der Waals surface area contributed by atoms with Crippen LogP contribution in [0.25, 0.3) is 0 Å². The second kappa shape index (κ2) is 5.54. The SMILES string of the molecule is CC(C)CC1CN(c2ccn(C)n2)CCCN1. The highest BCUT2D eigenvalue weighted by atomic mass is 15.3. The monoisotopic (exact) mass is 236 g/mol. The Hall–Kier alpha value is -1.03. The van der Waals surface area contributed by atoms with Crippen LogP contribution in [0.1, 0.15) is 26.7 Å². The number of nitrogens with zero attached hydrogens (tertiary/aromatic N) is 3. The van der Waals surface area contributed by atoms with Crippen LogP contribution in [0.15, 0.2) is 12.3 Å². The summed E-state index contributed by atoms with van der Waals surface area (Å²) in [6.45, 7) is 7.89. The number of hydrogen-bond acceptors (Lipinski definition) is 3. The van der Waals surface area contributed by atoms with Gasteiger partial charge in [-0.25, -0.2) is 0 Å². The van der Waals surface area contributed by atoms with Crippen molar-refractivity contribution in [3.63, 3.8) is 0 Å². The third-order valence-corrected chi connectivity index (χ3v) is 3.26. The first kappa shape index (κ1) is 12.4. The predicted molar refractivity (Wildman–Crippen MR) is 71.3 cm³/mol. The first-order valence-corrected chi connectivity index (χ1v) is 6.63. The molecule has 1 aromatic rings. The summed E-state index contributed by atoms with van der Waals surface area (Å²) < 4.78 is 1.88. The van der Waals surface area contributed by atoms with Gasteiger partial charge in [-0.3, -0.25) is 4.68 Å². The Kier molecular flexibility index (Phi) is 4.05. The average molecular weight is 236 g/mol. The molecular formula is C13H24N4. The lowest BCUT2D eigenvalue weighted by Crippen LogP contribution is -2.38. The van der Waals surface area contributed by atoms with Crippen molar-refractivity contribution >= 4 is 5.82 Å². The summed E-state index contributed by atoms with van der Waals surface area (Å²) in [7, 11) is 1.98. The van der Waals surface area contributed by atoms with Crippen LogP contribution in [-0.2, 0) is 7.05 Å². The van der Waals surface area contributed by atoms with Gasteiger partial charge < -0.3 is 10.2 Å². The molecule has 1 aliphatic rings. The molecule has 1 aliphatic heterocycles. The van der Waals surface area contributed by atoms with Gasteiger partial charge in [-0.1, -0.05) is 13.8 Å². The van der Waals surface area contributed by atoms with E-state index in [1.807, 2.05) is 17.9 Å². The maximum atomic E-state index is 4.50. The highest BCUT2D eigenvalue weighted by molar-refractivity contribution is 5.37. The van der Waals surface area contributed by atoms with Gasteiger partial charge in [-0.15, -0.1) is 0 Å². The Bertz CT molecular complexity index is 345. The van der Waals surface area contributed by atoms with E-state index in [0.717, 1.165) is 31.4 Å². The average Bonchev–Trinajstić information content (AvgIpc) is 2.55. The smallest absolute Gasteiger partial charge is 0.150 e. The molecule has 1 N–H and O–H groups in total. The molecule has 1 saturated heterocycles. The molecule has 96 valence electrons. The second-order valence-corrected chi connectivity index (χ2v) is 5.43. The largest absolute Gasteiger partial charge is 0.354 e. The van der Waals surface area contributed by atoms with Gasteiger partial charge in [0.25, 0.3) is 0 Å². The summed E-state index contributed by atoms with van der Waals surface area (Å²) in [6.07, 6.45) is 4.46. The Morgan fingerprint density at radius 3 is 3.00 bits per heavy atom. The summed E-state index contributed by atoms with van der Waals surface area (Å²) in [4.78, 5) is 2.41. The van der Waals surface area contributed by atoms with Gasteiger partial charge in [0.1, 0.15) is 0 Å². The van der Waals surface area contributed by atoms with Gasteiger partial charge >= 0.3 is 0 Å². The third kappa shape index (κ3) is 3.46. The fraction of sp³-hybridized carbons (Fsp3) is 0.769. The Morgan fingerprint density at radius 2 is 2.35 bits per heavy atom. The van der Waals surface area contributed by atoms with Crippen LogP contribution in [0.5, 0.6) is 0 Å². The number of nitrogens with one attached hydrogen (secondary N) is 1. The van der Waals surface area contributed by atoms with E-state index >= 15 is 0 Å². The normalized spacial score (nSPS) is 21.9. The van der Waals surface area contributed by atoms with Crippen LogP contribution < -0.4 is 10.2 Å². The lowest BCUT2D eigenvalue weighted by molar-refractivity contribution is 0.436. The molecule has 4 heteroatoms. The third-order valence-electron chi connectivity index (χ3n) is 3.26. The molecule has 1 fully saturated rings. The van der Waals surface area contributed by atoms with Crippen LogP contribution in [0.3, 0.4) is 0 Å². The Labute approximate surface area is 104 Å². The van der Waals surface area contributed by atoms with Crippen molar-refractivity contribution in [2.45, 2.75) is 32.7 Å². The van der Waals surface area contributed by atoms with Gasteiger partial charge in [-0.05, 0) is 25.3 Å². The minimum atomic E-state index is 0.597. The summed E-state index contributed by atoms with van der Waals surface area (Å²) in [5.41, 5.74) is 0. The van der Waals surface area contributed by atoms with E-state index in [2.05, 4.69) is 35.2 Å².